The summed E-state index contributed by atoms with van der Waals surface area (Å²) in [7, 11) is 1.62. The molecule has 1 aliphatic rings. The molecule has 5 nitrogen and oxygen atoms in total. The van der Waals surface area contributed by atoms with Crippen LogP contribution in [0.4, 0.5) is 13.2 Å². The van der Waals surface area contributed by atoms with Crippen LogP contribution in [0.3, 0.4) is 0 Å². The minimum absolute atomic E-state index is 0. The highest BCUT2D eigenvalue weighted by atomic mass is 127. The second-order valence-electron chi connectivity index (χ2n) is 5.78. The van der Waals surface area contributed by atoms with Crippen molar-refractivity contribution in [2.45, 2.75) is 18.6 Å². The zero-order valence-corrected chi connectivity index (χ0v) is 17.4. The van der Waals surface area contributed by atoms with E-state index in [0.29, 0.717) is 49.4 Å². The maximum absolute atomic E-state index is 12.4. The van der Waals surface area contributed by atoms with Gasteiger partial charge in [0.25, 0.3) is 0 Å². The molecule has 0 aliphatic carbocycles. The molecule has 1 aliphatic heterocycles. The van der Waals surface area contributed by atoms with E-state index in [-0.39, 0.29) is 30.0 Å². The number of likely N-dealkylation sites (tertiary alicyclic amines) is 1. The zero-order chi connectivity index (χ0) is 18.3. The number of nitrogens with zero attached hydrogens (tertiary/aromatic N) is 2. The van der Waals surface area contributed by atoms with Gasteiger partial charge in [0, 0.05) is 31.2 Å². The highest BCUT2D eigenvalue weighted by Gasteiger charge is 2.34. The molecule has 1 heterocycles. The molecule has 1 unspecified atom stereocenters. The smallest absolute Gasteiger partial charge is 0.401 e. The molecule has 26 heavy (non-hydrogen) atoms. The zero-order valence-electron chi connectivity index (χ0n) is 14.4. The Kier molecular flexibility index (Phi) is 9.80. The summed E-state index contributed by atoms with van der Waals surface area (Å²) in [5.74, 6) is 1.27. The minimum atomic E-state index is -4.16. The molecule has 1 aromatic carbocycles. The van der Waals surface area contributed by atoms with Crippen molar-refractivity contribution in [3.63, 3.8) is 0 Å². The lowest BCUT2D eigenvalue weighted by molar-refractivity contribution is -0.143. The number of ether oxygens (including phenoxy) is 1. The molecule has 2 N–H and O–H groups in total. The summed E-state index contributed by atoms with van der Waals surface area (Å²) in [6.07, 6.45) is -3.51. The molecule has 1 atom stereocenters. The van der Waals surface area contributed by atoms with Gasteiger partial charge in [-0.15, -0.1) is 24.0 Å². The molecule has 0 aromatic heterocycles. The van der Waals surface area contributed by atoms with Crippen LogP contribution in [0, 0.1) is 0 Å². The van der Waals surface area contributed by atoms with Crippen LogP contribution in [0.25, 0.3) is 0 Å². The van der Waals surface area contributed by atoms with E-state index < -0.39 is 12.7 Å². The van der Waals surface area contributed by atoms with Gasteiger partial charge in [0.05, 0.1) is 13.1 Å². The van der Waals surface area contributed by atoms with Crippen LogP contribution in [0.1, 0.15) is 6.42 Å². The van der Waals surface area contributed by atoms with Gasteiger partial charge in [0.2, 0.25) is 0 Å². The summed E-state index contributed by atoms with van der Waals surface area (Å²) < 4.78 is 42.8. The largest absolute Gasteiger partial charge is 0.492 e. The lowest BCUT2D eigenvalue weighted by Gasteiger charge is -2.19. The number of rotatable bonds is 6. The standard InChI is InChI=1S/C16H22ClF3N4O.HI/c1-21-15(22-7-9-25-14-4-2-12(17)3-5-14)23-13-6-8-24(10-13)11-16(18,19)20;/h2-5,13H,6-11H2,1H3,(H2,21,22,23);1H. The number of guanidine groups is 1. The van der Waals surface area contributed by atoms with Crippen molar-refractivity contribution in [3.8, 4) is 5.75 Å². The van der Waals surface area contributed by atoms with Crippen LogP contribution < -0.4 is 15.4 Å². The number of hydrogen-bond acceptors (Lipinski definition) is 3. The first-order chi connectivity index (χ1) is 11.9. The van der Waals surface area contributed by atoms with Gasteiger partial charge in [-0.2, -0.15) is 13.2 Å². The van der Waals surface area contributed by atoms with Crippen LogP contribution in [-0.2, 0) is 0 Å². The maximum Gasteiger partial charge on any atom is 0.401 e. The molecule has 0 radical (unpaired) electrons. The number of nitrogens with one attached hydrogen (secondary N) is 2. The maximum atomic E-state index is 12.4. The van der Waals surface area contributed by atoms with Crippen molar-refractivity contribution in [1.29, 1.82) is 0 Å². The van der Waals surface area contributed by atoms with Crippen molar-refractivity contribution in [1.82, 2.24) is 15.5 Å². The Bertz CT molecular complexity index is 572. The Morgan fingerprint density at radius 1 is 1.35 bits per heavy atom. The van der Waals surface area contributed by atoms with Crippen molar-refractivity contribution >= 4 is 41.5 Å². The Morgan fingerprint density at radius 3 is 2.65 bits per heavy atom. The van der Waals surface area contributed by atoms with E-state index in [4.69, 9.17) is 16.3 Å². The molecule has 2 rings (SSSR count). The van der Waals surface area contributed by atoms with Crippen molar-refractivity contribution in [3.05, 3.63) is 29.3 Å². The molecule has 1 saturated heterocycles. The predicted molar refractivity (Wildman–Crippen MR) is 108 cm³/mol. The molecule has 148 valence electrons. The molecular formula is C16H23ClF3IN4O. The topological polar surface area (TPSA) is 48.9 Å². The van der Waals surface area contributed by atoms with E-state index in [1.807, 2.05) is 0 Å². The van der Waals surface area contributed by atoms with E-state index in [2.05, 4.69) is 15.6 Å². The molecule has 1 fully saturated rings. The fourth-order valence-corrected chi connectivity index (χ4v) is 2.73. The second kappa shape index (κ2) is 11.0. The lowest BCUT2D eigenvalue weighted by atomic mass is 10.3. The summed E-state index contributed by atoms with van der Waals surface area (Å²) in [4.78, 5) is 5.49. The number of hydrogen-bond donors (Lipinski definition) is 2. The van der Waals surface area contributed by atoms with Crippen LogP contribution >= 0.6 is 35.6 Å². The first-order valence-electron chi connectivity index (χ1n) is 8.00. The first-order valence-corrected chi connectivity index (χ1v) is 8.38. The number of halogens is 5. The van der Waals surface area contributed by atoms with E-state index in [0.717, 1.165) is 0 Å². The van der Waals surface area contributed by atoms with E-state index >= 15 is 0 Å². The quantitative estimate of drug-likeness (QED) is 0.269. The normalized spacial score (nSPS) is 18.3. The molecule has 10 heteroatoms. The number of aliphatic imine (C=N–C) groups is 1. The van der Waals surface area contributed by atoms with Gasteiger partial charge in [-0.1, -0.05) is 11.6 Å². The SMILES string of the molecule is CN=C(NCCOc1ccc(Cl)cc1)NC1CCN(CC(F)(F)F)C1.I. The average molecular weight is 507 g/mol. The average Bonchev–Trinajstić information content (AvgIpc) is 2.97. The third kappa shape index (κ3) is 8.63. The first kappa shape index (κ1) is 23.1. The molecule has 0 amide bonds. The highest BCUT2D eigenvalue weighted by Crippen LogP contribution is 2.20. The molecular weight excluding hydrogens is 484 g/mol. The summed E-state index contributed by atoms with van der Waals surface area (Å²) in [6, 6.07) is 7.01. The van der Waals surface area contributed by atoms with E-state index in [9.17, 15) is 13.2 Å². The van der Waals surface area contributed by atoms with Crippen LogP contribution in [0.5, 0.6) is 5.75 Å². The number of alkyl halides is 3. The second-order valence-corrected chi connectivity index (χ2v) is 6.22. The van der Waals surface area contributed by atoms with Gasteiger partial charge in [-0.25, -0.2) is 0 Å². The van der Waals surface area contributed by atoms with Crippen molar-refractivity contribution in [2.24, 2.45) is 4.99 Å². The van der Waals surface area contributed by atoms with Gasteiger partial charge < -0.3 is 15.4 Å². The Labute approximate surface area is 173 Å². The van der Waals surface area contributed by atoms with Crippen LogP contribution in [0.2, 0.25) is 5.02 Å². The van der Waals surface area contributed by atoms with Crippen LogP contribution in [-0.4, -0.2) is 62.9 Å². The predicted octanol–water partition coefficient (Wildman–Crippen LogP) is 3.14. The van der Waals surface area contributed by atoms with Gasteiger partial charge in [0.1, 0.15) is 12.4 Å². The fourth-order valence-electron chi connectivity index (χ4n) is 2.60. The fraction of sp³-hybridized carbons (Fsp3) is 0.562. The molecule has 0 saturated carbocycles. The van der Waals surface area contributed by atoms with Gasteiger partial charge in [-0.3, -0.25) is 9.89 Å². The van der Waals surface area contributed by atoms with Crippen LogP contribution in [0.15, 0.2) is 29.3 Å². The third-order valence-corrected chi connectivity index (χ3v) is 3.97. The summed E-state index contributed by atoms with van der Waals surface area (Å²) in [6.45, 7) is 0.843. The number of benzene rings is 1. The van der Waals surface area contributed by atoms with Gasteiger partial charge >= 0.3 is 6.18 Å². The minimum Gasteiger partial charge on any atom is -0.492 e. The van der Waals surface area contributed by atoms with Crippen molar-refractivity contribution < 1.29 is 17.9 Å². The Balaban J connectivity index is 0.00000338. The molecule has 0 spiro atoms. The summed E-state index contributed by atoms with van der Waals surface area (Å²) in [5, 5.41) is 6.88. The van der Waals surface area contributed by atoms with Gasteiger partial charge in [-0.05, 0) is 30.7 Å². The van der Waals surface area contributed by atoms with Crippen molar-refractivity contribution in [2.75, 3.05) is 39.8 Å². The van der Waals surface area contributed by atoms with Gasteiger partial charge in [0.15, 0.2) is 5.96 Å². The lowest BCUT2D eigenvalue weighted by Crippen LogP contribution is -2.46. The highest BCUT2D eigenvalue weighted by molar-refractivity contribution is 14.0. The monoisotopic (exact) mass is 506 g/mol. The summed E-state index contributed by atoms with van der Waals surface area (Å²) in [5.41, 5.74) is 0. The molecule has 0 bridgehead atoms. The van der Waals surface area contributed by atoms with E-state index in [1.165, 1.54) is 4.90 Å². The molecule has 1 aromatic rings. The Hall–Kier alpha value is -0.940. The summed E-state index contributed by atoms with van der Waals surface area (Å²) >= 11 is 5.80. The third-order valence-electron chi connectivity index (χ3n) is 3.72. The van der Waals surface area contributed by atoms with E-state index in [1.54, 1.807) is 31.3 Å². The Morgan fingerprint density at radius 2 is 2.04 bits per heavy atom.